The lowest BCUT2D eigenvalue weighted by Gasteiger charge is -2.02. The van der Waals surface area contributed by atoms with E-state index in [1.165, 1.54) is 0 Å². The molecule has 0 atom stereocenters. The number of H-pyrrole nitrogens is 1. The zero-order chi connectivity index (χ0) is 11.5. The van der Waals surface area contributed by atoms with Crippen molar-refractivity contribution in [2.45, 2.75) is 13.5 Å². The van der Waals surface area contributed by atoms with Gasteiger partial charge >= 0.3 is 0 Å². The van der Waals surface area contributed by atoms with Gasteiger partial charge in [0.1, 0.15) is 0 Å². The molecule has 6 heteroatoms. The zero-order valence-corrected chi connectivity index (χ0v) is 9.19. The number of nitrogens with one attached hydrogen (secondary N) is 2. The first-order chi connectivity index (χ1) is 7.68. The summed E-state index contributed by atoms with van der Waals surface area (Å²) in [6.45, 7) is 2.32. The molecular formula is C10H13N5O. The number of hydrogen-bond donors (Lipinski definition) is 2. The van der Waals surface area contributed by atoms with Crippen LogP contribution in [0.4, 0.5) is 0 Å². The summed E-state index contributed by atoms with van der Waals surface area (Å²) in [4.78, 5) is 11.8. The standard InChI is InChI=1S/C10H13N5O/c1-7-9(6-14-15(7)2)10(16)11-3-8-4-12-13-5-8/h4-6H,3H2,1-2H3,(H,11,16)(H,12,13). The highest BCUT2D eigenvalue weighted by molar-refractivity contribution is 5.94. The van der Waals surface area contributed by atoms with E-state index in [0.717, 1.165) is 11.3 Å². The Labute approximate surface area is 92.7 Å². The van der Waals surface area contributed by atoms with E-state index in [1.807, 2.05) is 14.0 Å². The lowest BCUT2D eigenvalue weighted by molar-refractivity contribution is 0.0950. The van der Waals surface area contributed by atoms with Gasteiger partial charge in [-0.3, -0.25) is 14.6 Å². The van der Waals surface area contributed by atoms with E-state index in [1.54, 1.807) is 23.3 Å². The van der Waals surface area contributed by atoms with Crippen LogP contribution >= 0.6 is 0 Å². The van der Waals surface area contributed by atoms with Crippen molar-refractivity contribution in [2.24, 2.45) is 7.05 Å². The van der Waals surface area contributed by atoms with Gasteiger partial charge in [-0.25, -0.2) is 0 Å². The third kappa shape index (κ3) is 1.95. The van der Waals surface area contributed by atoms with Gasteiger partial charge in [-0.05, 0) is 6.92 Å². The van der Waals surface area contributed by atoms with Gasteiger partial charge in [0.25, 0.3) is 5.91 Å². The predicted molar refractivity (Wildman–Crippen MR) is 57.7 cm³/mol. The molecule has 0 aromatic carbocycles. The minimum Gasteiger partial charge on any atom is -0.348 e. The van der Waals surface area contributed by atoms with Gasteiger partial charge in [0.05, 0.1) is 18.0 Å². The predicted octanol–water partition coefficient (Wildman–Crippen LogP) is 0.382. The van der Waals surface area contributed by atoms with Crippen molar-refractivity contribution in [3.63, 3.8) is 0 Å². The maximum absolute atomic E-state index is 11.8. The third-order valence-corrected chi connectivity index (χ3v) is 2.49. The normalized spacial score (nSPS) is 10.4. The first-order valence-electron chi connectivity index (χ1n) is 4.93. The number of carbonyl (C=O) groups excluding carboxylic acids is 1. The fourth-order valence-corrected chi connectivity index (χ4v) is 1.37. The Morgan fingerprint density at radius 2 is 2.38 bits per heavy atom. The van der Waals surface area contributed by atoms with Gasteiger partial charge in [0.15, 0.2) is 0 Å². The number of aromatic amines is 1. The number of aromatic nitrogens is 4. The van der Waals surface area contributed by atoms with Gasteiger partial charge in [0.2, 0.25) is 0 Å². The molecule has 0 saturated carbocycles. The first kappa shape index (κ1) is 10.4. The highest BCUT2D eigenvalue weighted by atomic mass is 16.1. The van der Waals surface area contributed by atoms with Crippen LogP contribution < -0.4 is 5.32 Å². The van der Waals surface area contributed by atoms with Gasteiger partial charge < -0.3 is 5.32 Å². The van der Waals surface area contributed by atoms with Crippen molar-refractivity contribution in [2.75, 3.05) is 0 Å². The van der Waals surface area contributed by atoms with Crippen LogP contribution in [0.5, 0.6) is 0 Å². The largest absolute Gasteiger partial charge is 0.348 e. The first-order valence-corrected chi connectivity index (χ1v) is 4.93. The summed E-state index contributed by atoms with van der Waals surface area (Å²) < 4.78 is 1.67. The number of amides is 1. The molecule has 0 radical (unpaired) electrons. The fraction of sp³-hybridized carbons (Fsp3) is 0.300. The fourth-order valence-electron chi connectivity index (χ4n) is 1.37. The molecule has 2 rings (SSSR count). The lowest BCUT2D eigenvalue weighted by Crippen LogP contribution is -2.23. The summed E-state index contributed by atoms with van der Waals surface area (Å²) >= 11 is 0. The van der Waals surface area contributed by atoms with E-state index in [0.29, 0.717) is 12.1 Å². The molecule has 2 aromatic heterocycles. The van der Waals surface area contributed by atoms with Crippen molar-refractivity contribution < 1.29 is 4.79 Å². The topological polar surface area (TPSA) is 75.6 Å². The van der Waals surface area contributed by atoms with Crippen LogP contribution in [-0.4, -0.2) is 25.9 Å². The van der Waals surface area contributed by atoms with Crippen molar-refractivity contribution in [3.8, 4) is 0 Å². The second kappa shape index (κ2) is 4.18. The maximum Gasteiger partial charge on any atom is 0.255 e. The summed E-state index contributed by atoms with van der Waals surface area (Å²) in [7, 11) is 1.81. The van der Waals surface area contributed by atoms with Crippen LogP contribution in [-0.2, 0) is 13.6 Å². The molecule has 6 nitrogen and oxygen atoms in total. The van der Waals surface area contributed by atoms with E-state index in [-0.39, 0.29) is 5.91 Å². The molecule has 2 aromatic rings. The highest BCUT2D eigenvalue weighted by Crippen LogP contribution is 2.05. The zero-order valence-electron chi connectivity index (χ0n) is 9.19. The second-order valence-corrected chi connectivity index (χ2v) is 3.56. The highest BCUT2D eigenvalue weighted by Gasteiger charge is 2.12. The molecule has 0 spiro atoms. The SMILES string of the molecule is Cc1c(C(=O)NCc2cn[nH]c2)cnn1C. The number of nitrogens with zero attached hydrogens (tertiary/aromatic N) is 3. The summed E-state index contributed by atoms with van der Waals surface area (Å²) in [6, 6.07) is 0. The van der Waals surface area contributed by atoms with Gasteiger partial charge in [-0.15, -0.1) is 0 Å². The molecular weight excluding hydrogens is 206 g/mol. The van der Waals surface area contributed by atoms with E-state index in [2.05, 4.69) is 20.6 Å². The molecule has 2 heterocycles. The van der Waals surface area contributed by atoms with Crippen molar-refractivity contribution >= 4 is 5.91 Å². The molecule has 0 aliphatic carbocycles. The van der Waals surface area contributed by atoms with E-state index >= 15 is 0 Å². The Bertz CT molecular complexity index is 485. The average Bonchev–Trinajstić information content (AvgIpc) is 2.88. The Morgan fingerprint density at radius 3 is 2.94 bits per heavy atom. The molecule has 0 aliphatic rings. The number of rotatable bonds is 3. The summed E-state index contributed by atoms with van der Waals surface area (Å²) in [5.74, 6) is -0.119. The average molecular weight is 219 g/mol. The molecule has 16 heavy (non-hydrogen) atoms. The van der Waals surface area contributed by atoms with Crippen molar-refractivity contribution in [1.29, 1.82) is 0 Å². The van der Waals surface area contributed by atoms with Crippen molar-refractivity contribution in [3.05, 3.63) is 35.4 Å². The Balaban J connectivity index is 2.01. The Kier molecular flexibility index (Phi) is 2.72. The van der Waals surface area contributed by atoms with E-state index in [9.17, 15) is 4.79 Å². The van der Waals surface area contributed by atoms with Crippen LogP contribution in [0.3, 0.4) is 0 Å². The van der Waals surface area contributed by atoms with Crippen LogP contribution in [0.25, 0.3) is 0 Å². The maximum atomic E-state index is 11.8. The third-order valence-electron chi connectivity index (χ3n) is 2.49. The molecule has 0 bridgehead atoms. The van der Waals surface area contributed by atoms with Gasteiger partial charge in [-0.2, -0.15) is 10.2 Å². The minimum atomic E-state index is -0.119. The van der Waals surface area contributed by atoms with Crippen LogP contribution in [0.2, 0.25) is 0 Å². The molecule has 0 unspecified atom stereocenters. The molecule has 1 amide bonds. The molecule has 2 N–H and O–H groups in total. The minimum absolute atomic E-state index is 0.119. The Hall–Kier alpha value is -2.11. The smallest absolute Gasteiger partial charge is 0.255 e. The molecule has 0 fully saturated rings. The van der Waals surface area contributed by atoms with Crippen molar-refractivity contribution in [1.82, 2.24) is 25.3 Å². The van der Waals surface area contributed by atoms with Crippen LogP contribution in [0, 0.1) is 6.92 Å². The van der Waals surface area contributed by atoms with Gasteiger partial charge in [-0.1, -0.05) is 0 Å². The molecule has 0 aliphatic heterocycles. The monoisotopic (exact) mass is 219 g/mol. The summed E-state index contributed by atoms with van der Waals surface area (Å²) in [6.07, 6.45) is 4.99. The summed E-state index contributed by atoms with van der Waals surface area (Å²) in [5, 5.41) is 13.3. The van der Waals surface area contributed by atoms with E-state index in [4.69, 9.17) is 0 Å². The van der Waals surface area contributed by atoms with Crippen LogP contribution in [0.1, 0.15) is 21.6 Å². The Morgan fingerprint density at radius 1 is 1.56 bits per heavy atom. The molecule has 84 valence electrons. The van der Waals surface area contributed by atoms with E-state index < -0.39 is 0 Å². The summed E-state index contributed by atoms with van der Waals surface area (Å²) in [5.41, 5.74) is 2.39. The number of carbonyl (C=O) groups is 1. The number of hydrogen-bond acceptors (Lipinski definition) is 3. The van der Waals surface area contributed by atoms with Crippen LogP contribution in [0.15, 0.2) is 18.6 Å². The number of aryl methyl sites for hydroxylation is 1. The van der Waals surface area contributed by atoms with Gasteiger partial charge in [0, 0.05) is 31.0 Å². The quantitative estimate of drug-likeness (QED) is 0.783. The second-order valence-electron chi connectivity index (χ2n) is 3.56. The lowest BCUT2D eigenvalue weighted by atomic mass is 10.2. The molecule has 0 saturated heterocycles.